The number of methoxy groups -OCH3 is 1. The molecule has 0 spiro atoms. The minimum absolute atomic E-state index is 0.535. The van der Waals surface area contributed by atoms with Crippen LogP contribution in [0.3, 0.4) is 0 Å². The van der Waals surface area contributed by atoms with Crippen LogP contribution >= 0.6 is 0 Å². The maximum Gasteiger partial charge on any atom is 0.221 e. The number of aromatic nitrogens is 2. The molecule has 1 rings (SSSR count). The average molecular weight is 154 g/mol. The SMILES string of the molecule is COc1ncnc(NN)c1C. The fourth-order valence-electron chi connectivity index (χ4n) is 0.785. The second-order valence-corrected chi connectivity index (χ2v) is 2.00. The maximum atomic E-state index is 5.18. The highest BCUT2D eigenvalue weighted by Gasteiger charge is 2.03. The number of nitrogens with zero attached hydrogens (tertiary/aromatic N) is 2. The summed E-state index contributed by atoms with van der Waals surface area (Å²) in [6.07, 6.45) is 1.39. The second kappa shape index (κ2) is 3.16. The molecule has 0 aliphatic rings. The molecule has 0 amide bonds. The Bertz CT molecular complexity index is 228. The van der Waals surface area contributed by atoms with E-state index < -0.39 is 0 Å². The van der Waals surface area contributed by atoms with Crippen molar-refractivity contribution >= 4 is 5.82 Å². The van der Waals surface area contributed by atoms with Crippen LogP contribution in [0.4, 0.5) is 5.82 Å². The highest BCUT2D eigenvalue weighted by molar-refractivity contribution is 5.46. The van der Waals surface area contributed by atoms with E-state index in [1.807, 2.05) is 6.92 Å². The molecular formula is C6H10N4O. The lowest BCUT2D eigenvalue weighted by molar-refractivity contribution is 0.393. The summed E-state index contributed by atoms with van der Waals surface area (Å²) in [4.78, 5) is 7.75. The zero-order chi connectivity index (χ0) is 8.27. The molecular weight excluding hydrogens is 144 g/mol. The summed E-state index contributed by atoms with van der Waals surface area (Å²) in [6, 6.07) is 0. The summed E-state index contributed by atoms with van der Waals surface area (Å²) in [5.41, 5.74) is 3.24. The normalized spacial score (nSPS) is 9.36. The zero-order valence-electron chi connectivity index (χ0n) is 6.46. The van der Waals surface area contributed by atoms with Crippen LogP contribution in [0, 0.1) is 6.92 Å². The standard InChI is InChI=1S/C6H10N4O/c1-4-5(10-7)8-3-9-6(4)11-2/h3H,7H2,1-2H3,(H,8,9,10). The first-order valence-electron chi connectivity index (χ1n) is 3.11. The van der Waals surface area contributed by atoms with Crippen LogP contribution in [0.2, 0.25) is 0 Å². The number of rotatable bonds is 2. The van der Waals surface area contributed by atoms with Crippen molar-refractivity contribution in [1.82, 2.24) is 9.97 Å². The summed E-state index contributed by atoms with van der Waals surface area (Å²) in [5, 5.41) is 0. The molecule has 60 valence electrons. The van der Waals surface area contributed by atoms with Gasteiger partial charge in [-0.15, -0.1) is 0 Å². The van der Waals surface area contributed by atoms with Crippen LogP contribution < -0.4 is 16.0 Å². The van der Waals surface area contributed by atoms with E-state index >= 15 is 0 Å². The number of hydrogen-bond acceptors (Lipinski definition) is 5. The van der Waals surface area contributed by atoms with Crippen molar-refractivity contribution in [3.05, 3.63) is 11.9 Å². The average Bonchev–Trinajstić information content (AvgIpc) is 2.05. The number of hydrogen-bond donors (Lipinski definition) is 2. The van der Waals surface area contributed by atoms with Crippen molar-refractivity contribution in [2.75, 3.05) is 12.5 Å². The molecule has 1 heterocycles. The highest BCUT2D eigenvalue weighted by Crippen LogP contribution is 2.17. The number of anilines is 1. The lowest BCUT2D eigenvalue weighted by atomic mass is 10.3. The first-order chi connectivity index (χ1) is 5.29. The van der Waals surface area contributed by atoms with Crippen molar-refractivity contribution in [2.45, 2.75) is 6.92 Å². The van der Waals surface area contributed by atoms with E-state index in [1.54, 1.807) is 7.11 Å². The number of hydrazine groups is 1. The van der Waals surface area contributed by atoms with Gasteiger partial charge in [-0.3, -0.25) is 0 Å². The molecule has 0 aliphatic heterocycles. The highest BCUT2D eigenvalue weighted by atomic mass is 16.5. The third-order valence-electron chi connectivity index (χ3n) is 1.37. The molecule has 0 saturated heterocycles. The van der Waals surface area contributed by atoms with Gasteiger partial charge in [-0.2, -0.15) is 0 Å². The number of nitrogen functional groups attached to an aromatic ring is 1. The Kier molecular flexibility index (Phi) is 2.22. The van der Waals surface area contributed by atoms with Gasteiger partial charge in [-0.1, -0.05) is 0 Å². The molecule has 0 aliphatic carbocycles. The fourth-order valence-corrected chi connectivity index (χ4v) is 0.785. The first-order valence-corrected chi connectivity index (χ1v) is 3.11. The lowest BCUT2D eigenvalue weighted by Crippen LogP contribution is -2.11. The molecule has 0 aromatic carbocycles. The van der Waals surface area contributed by atoms with Gasteiger partial charge < -0.3 is 10.2 Å². The van der Waals surface area contributed by atoms with Gasteiger partial charge in [0.25, 0.3) is 0 Å². The third-order valence-corrected chi connectivity index (χ3v) is 1.37. The van der Waals surface area contributed by atoms with Crippen LogP contribution in [0.5, 0.6) is 5.88 Å². The Morgan fingerprint density at radius 3 is 2.82 bits per heavy atom. The van der Waals surface area contributed by atoms with Gasteiger partial charge in [0.05, 0.1) is 12.7 Å². The Balaban J connectivity index is 3.10. The summed E-state index contributed by atoms with van der Waals surface area (Å²) < 4.78 is 4.94. The van der Waals surface area contributed by atoms with Crippen LogP contribution in [0.15, 0.2) is 6.33 Å². The minimum Gasteiger partial charge on any atom is -0.481 e. The van der Waals surface area contributed by atoms with Gasteiger partial charge in [-0.05, 0) is 6.92 Å². The van der Waals surface area contributed by atoms with Crippen molar-refractivity contribution < 1.29 is 4.74 Å². The quantitative estimate of drug-likeness (QED) is 0.466. The van der Waals surface area contributed by atoms with Crippen LogP contribution in [0.25, 0.3) is 0 Å². The lowest BCUT2D eigenvalue weighted by Gasteiger charge is -2.05. The van der Waals surface area contributed by atoms with E-state index in [4.69, 9.17) is 10.6 Å². The summed E-state index contributed by atoms with van der Waals surface area (Å²) in [6.45, 7) is 1.83. The zero-order valence-corrected chi connectivity index (χ0v) is 6.46. The molecule has 1 aromatic rings. The van der Waals surface area contributed by atoms with Crippen LogP contribution in [-0.2, 0) is 0 Å². The van der Waals surface area contributed by atoms with E-state index in [0.717, 1.165) is 5.56 Å². The molecule has 0 saturated carbocycles. The van der Waals surface area contributed by atoms with Gasteiger partial charge in [0, 0.05) is 0 Å². The molecule has 0 fully saturated rings. The van der Waals surface area contributed by atoms with Crippen molar-refractivity contribution in [3.8, 4) is 5.88 Å². The van der Waals surface area contributed by atoms with E-state index in [0.29, 0.717) is 11.7 Å². The summed E-state index contributed by atoms with van der Waals surface area (Å²) >= 11 is 0. The summed E-state index contributed by atoms with van der Waals surface area (Å²) in [5.74, 6) is 6.29. The predicted octanol–water partition coefficient (Wildman–Crippen LogP) is 0.0792. The maximum absolute atomic E-state index is 5.18. The molecule has 1 aromatic heterocycles. The van der Waals surface area contributed by atoms with E-state index in [1.165, 1.54) is 6.33 Å². The second-order valence-electron chi connectivity index (χ2n) is 2.00. The Labute approximate surface area is 64.6 Å². The van der Waals surface area contributed by atoms with Crippen molar-refractivity contribution in [3.63, 3.8) is 0 Å². The number of nitrogens with two attached hydrogens (primary N) is 1. The van der Waals surface area contributed by atoms with Gasteiger partial charge in [0.2, 0.25) is 5.88 Å². The molecule has 0 radical (unpaired) electrons. The van der Waals surface area contributed by atoms with Gasteiger partial charge in [0.1, 0.15) is 12.1 Å². The van der Waals surface area contributed by atoms with Gasteiger partial charge in [0.15, 0.2) is 0 Å². The number of ether oxygens (including phenoxy) is 1. The smallest absolute Gasteiger partial charge is 0.221 e. The Morgan fingerprint density at radius 1 is 1.55 bits per heavy atom. The Morgan fingerprint density at radius 2 is 2.27 bits per heavy atom. The van der Waals surface area contributed by atoms with Gasteiger partial charge in [-0.25, -0.2) is 15.8 Å². The molecule has 3 N–H and O–H groups in total. The third kappa shape index (κ3) is 1.38. The molecule has 5 heteroatoms. The fraction of sp³-hybridized carbons (Fsp3) is 0.333. The molecule has 0 bridgehead atoms. The van der Waals surface area contributed by atoms with Crippen LogP contribution in [0.1, 0.15) is 5.56 Å². The number of nitrogens with one attached hydrogen (secondary N) is 1. The first kappa shape index (κ1) is 7.74. The molecule has 0 unspecified atom stereocenters. The van der Waals surface area contributed by atoms with E-state index in [-0.39, 0.29) is 0 Å². The van der Waals surface area contributed by atoms with Crippen molar-refractivity contribution in [1.29, 1.82) is 0 Å². The topological polar surface area (TPSA) is 73.1 Å². The largest absolute Gasteiger partial charge is 0.481 e. The summed E-state index contributed by atoms with van der Waals surface area (Å²) in [7, 11) is 1.55. The van der Waals surface area contributed by atoms with E-state index in [2.05, 4.69) is 15.4 Å². The monoisotopic (exact) mass is 154 g/mol. The molecule has 11 heavy (non-hydrogen) atoms. The molecule has 0 atom stereocenters. The Hall–Kier alpha value is -1.36. The van der Waals surface area contributed by atoms with Crippen LogP contribution in [-0.4, -0.2) is 17.1 Å². The van der Waals surface area contributed by atoms with Crippen molar-refractivity contribution in [2.24, 2.45) is 5.84 Å². The molecule has 5 nitrogen and oxygen atoms in total. The minimum atomic E-state index is 0.535. The van der Waals surface area contributed by atoms with E-state index in [9.17, 15) is 0 Å². The predicted molar refractivity (Wildman–Crippen MR) is 41.1 cm³/mol. The van der Waals surface area contributed by atoms with Gasteiger partial charge >= 0.3 is 0 Å².